The number of carbonyl (C=O) groups excluding carboxylic acids is 2. The van der Waals surface area contributed by atoms with Gasteiger partial charge in [-0.15, -0.1) is 0 Å². The summed E-state index contributed by atoms with van der Waals surface area (Å²) >= 11 is 0. The minimum atomic E-state index is 0.00207. The highest BCUT2D eigenvalue weighted by molar-refractivity contribution is 5.69. The maximum atomic E-state index is 11.8. The van der Waals surface area contributed by atoms with Crippen LogP contribution in [0.15, 0.2) is 0 Å². The second kappa shape index (κ2) is 33.4. The molecule has 4 nitrogen and oxygen atoms in total. The average molecular weight is 581 g/mol. The largest absolute Gasteiger partial charge is 0.466 e. The van der Waals surface area contributed by atoms with Gasteiger partial charge in [0.15, 0.2) is 0 Å². The fourth-order valence-corrected chi connectivity index (χ4v) is 5.54. The number of rotatable bonds is 33. The number of hydrogen-bond acceptors (Lipinski definition) is 4. The molecule has 0 spiro atoms. The molecule has 0 aromatic heterocycles. The number of ether oxygens (including phenoxy) is 2. The lowest BCUT2D eigenvalue weighted by Crippen LogP contribution is -2.05. The number of esters is 2. The Morgan fingerprint density at radius 3 is 1.07 bits per heavy atom. The first-order chi connectivity index (χ1) is 20.1. The molecule has 0 N–H and O–H groups in total. The van der Waals surface area contributed by atoms with Gasteiger partial charge < -0.3 is 9.47 Å². The van der Waals surface area contributed by atoms with E-state index < -0.39 is 0 Å². The van der Waals surface area contributed by atoms with Crippen LogP contribution >= 0.6 is 0 Å². The van der Waals surface area contributed by atoms with Gasteiger partial charge in [0.2, 0.25) is 0 Å². The van der Waals surface area contributed by atoms with E-state index in [0.717, 1.165) is 44.4 Å². The summed E-state index contributed by atoms with van der Waals surface area (Å²) in [6.07, 6.45) is 34.8. The molecule has 244 valence electrons. The van der Waals surface area contributed by atoms with Crippen molar-refractivity contribution in [1.82, 2.24) is 0 Å². The normalized spacial score (nSPS) is 12.0. The van der Waals surface area contributed by atoms with Gasteiger partial charge in [-0.05, 0) is 31.6 Å². The van der Waals surface area contributed by atoms with E-state index in [4.69, 9.17) is 9.47 Å². The van der Waals surface area contributed by atoms with E-state index in [0.29, 0.717) is 26.1 Å². The molecule has 0 heterocycles. The van der Waals surface area contributed by atoms with Gasteiger partial charge >= 0.3 is 11.9 Å². The van der Waals surface area contributed by atoms with E-state index in [-0.39, 0.29) is 11.9 Å². The monoisotopic (exact) mass is 581 g/mol. The van der Waals surface area contributed by atoms with Crippen LogP contribution < -0.4 is 0 Å². The standard InChI is InChI=1S/C37H72O4/c1-4-6-8-10-12-19-25-31-36(38)40-33-27-21-15-14-17-23-29-35(3)30-24-18-16-22-28-34-41-37(39)32-26-20-13-11-9-7-5-2/h35H,4-34H2,1-3H3. The molecule has 0 aliphatic carbocycles. The second-order valence-corrected chi connectivity index (χ2v) is 12.8. The van der Waals surface area contributed by atoms with Crippen molar-refractivity contribution in [2.24, 2.45) is 5.92 Å². The van der Waals surface area contributed by atoms with Crippen molar-refractivity contribution in [2.75, 3.05) is 13.2 Å². The van der Waals surface area contributed by atoms with Crippen molar-refractivity contribution in [3.05, 3.63) is 0 Å². The Morgan fingerprint density at radius 2 is 0.707 bits per heavy atom. The molecule has 0 aliphatic rings. The maximum Gasteiger partial charge on any atom is 0.305 e. The van der Waals surface area contributed by atoms with E-state index in [2.05, 4.69) is 20.8 Å². The lowest BCUT2D eigenvalue weighted by Gasteiger charge is -2.11. The molecule has 0 radical (unpaired) electrons. The average Bonchev–Trinajstić information content (AvgIpc) is 2.96. The van der Waals surface area contributed by atoms with Crippen LogP contribution in [0.3, 0.4) is 0 Å². The molecule has 1 unspecified atom stereocenters. The highest BCUT2D eigenvalue weighted by Gasteiger charge is 2.05. The molecule has 0 saturated carbocycles. The number of unbranched alkanes of at least 4 members (excludes halogenated alkanes) is 21. The summed E-state index contributed by atoms with van der Waals surface area (Å²) in [5, 5.41) is 0. The summed E-state index contributed by atoms with van der Waals surface area (Å²) in [6.45, 7) is 8.11. The molecule has 4 heteroatoms. The predicted molar refractivity (Wildman–Crippen MR) is 176 cm³/mol. The van der Waals surface area contributed by atoms with Gasteiger partial charge in [-0.3, -0.25) is 9.59 Å². The predicted octanol–water partition coefficient (Wildman–Crippen LogP) is 12.1. The number of carbonyl (C=O) groups is 2. The molecule has 0 bridgehead atoms. The van der Waals surface area contributed by atoms with Crippen LogP contribution in [0.2, 0.25) is 0 Å². The number of hydrogen-bond donors (Lipinski definition) is 0. The van der Waals surface area contributed by atoms with E-state index in [1.807, 2.05) is 0 Å². The summed E-state index contributed by atoms with van der Waals surface area (Å²) in [5.74, 6) is 0.836. The molecular weight excluding hydrogens is 508 g/mol. The fourth-order valence-electron chi connectivity index (χ4n) is 5.54. The van der Waals surface area contributed by atoms with Crippen molar-refractivity contribution in [1.29, 1.82) is 0 Å². The lowest BCUT2D eigenvalue weighted by atomic mass is 9.96. The summed E-state index contributed by atoms with van der Waals surface area (Å²) in [4.78, 5) is 23.6. The second-order valence-electron chi connectivity index (χ2n) is 12.8. The first-order valence-corrected chi connectivity index (χ1v) is 18.4. The third kappa shape index (κ3) is 33.3. The van der Waals surface area contributed by atoms with E-state index >= 15 is 0 Å². The molecule has 0 rings (SSSR count). The Morgan fingerprint density at radius 1 is 0.415 bits per heavy atom. The van der Waals surface area contributed by atoms with Crippen LogP contribution in [0.1, 0.15) is 207 Å². The molecule has 0 aromatic rings. The summed E-state index contributed by atoms with van der Waals surface area (Å²) in [7, 11) is 0. The Hall–Kier alpha value is -1.06. The van der Waals surface area contributed by atoms with Crippen molar-refractivity contribution in [3.8, 4) is 0 Å². The van der Waals surface area contributed by atoms with Gasteiger partial charge in [0, 0.05) is 12.8 Å². The minimum absolute atomic E-state index is 0.00207. The van der Waals surface area contributed by atoms with Crippen molar-refractivity contribution >= 4 is 11.9 Å². The lowest BCUT2D eigenvalue weighted by molar-refractivity contribution is -0.144. The minimum Gasteiger partial charge on any atom is -0.466 e. The zero-order valence-electron chi connectivity index (χ0n) is 28.1. The van der Waals surface area contributed by atoms with Crippen LogP contribution in [-0.2, 0) is 19.1 Å². The van der Waals surface area contributed by atoms with E-state index in [9.17, 15) is 9.59 Å². The molecule has 41 heavy (non-hydrogen) atoms. The van der Waals surface area contributed by atoms with Crippen LogP contribution in [0, 0.1) is 5.92 Å². The quantitative estimate of drug-likeness (QED) is 0.0572. The third-order valence-electron chi connectivity index (χ3n) is 8.43. The Balaban J connectivity index is 3.30. The van der Waals surface area contributed by atoms with Crippen LogP contribution in [0.25, 0.3) is 0 Å². The van der Waals surface area contributed by atoms with Gasteiger partial charge in [-0.25, -0.2) is 0 Å². The van der Waals surface area contributed by atoms with Crippen molar-refractivity contribution in [2.45, 2.75) is 207 Å². The van der Waals surface area contributed by atoms with Gasteiger partial charge in [-0.2, -0.15) is 0 Å². The first-order valence-electron chi connectivity index (χ1n) is 18.4. The molecule has 1 atom stereocenters. The zero-order chi connectivity index (χ0) is 30.1. The van der Waals surface area contributed by atoms with Crippen molar-refractivity contribution < 1.29 is 19.1 Å². The van der Waals surface area contributed by atoms with Crippen LogP contribution in [0.5, 0.6) is 0 Å². The molecular formula is C37H72O4. The van der Waals surface area contributed by atoms with Gasteiger partial charge in [0.05, 0.1) is 13.2 Å². The zero-order valence-corrected chi connectivity index (χ0v) is 28.1. The van der Waals surface area contributed by atoms with Crippen LogP contribution in [0.4, 0.5) is 0 Å². The van der Waals surface area contributed by atoms with Gasteiger partial charge in [0.1, 0.15) is 0 Å². The topological polar surface area (TPSA) is 52.6 Å². The molecule has 0 aliphatic heterocycles. The summed E-state index contributed by atoms with van der Waals surface area (Å²) in [5.41, 5.74) is 0. The Labute approximate surface area is 256 Å². The highest BCUT2D eigenvalue weighted by Crippen LogP contribution is 2.18. The summed E-state index contributed by atoms with van der Waals surface area (Å²) in [6, 6.07) is 0. The smallest absolute Gasteiger partial charge is 0.305 e. The molecule has 0 fully saturated rings. The van der Waals surface area contributed by atoms with Crippen LogP contribution in [-0.4, -0.2) is 25.2 Å². The molecule has 0 saturated heterocycles. The Kier molecular flexibility index (Phi) is 32.6. The van der Waals surface area contributed by atoms with Gasteiger partial charge in [-0.1, -0.05) is 168 Å². The van der Waals surface area contributed by atoms with E-state index in [1.54, 1.807) is 0 Å². The maximum absolute atomic E-state index is 11.8. The van der Waals surface area contributed by atoms with Crippen molar-refractivity contribution in [3.63, 3.8) is 0 Å². The highest BCUT2D eigenvalue weighted by atomic mass is 16.5. The summed E-state index contributed by atoms with van der Waals surface area (Å²) < 4.78 is 10.8. The fraction of sp³-hybridized carbons (Fsp3) is 0.946. The molecule has 0 amide bonds. The Bertz CT molecular complexity index is 547. The SMILES string of the molecule is CCCCCCCCCC(=O)OCCCCCCCCC(C)CCCCCCCOC(=O)CCCCCCCCC. The molecule has 0 aromatic carbocycles. The van der Waals surface area contributed by atoms with Gasteiger partial charge in [0.25, 0.3) is 0 Å². The first kappa shape index (κ1) is 39.9. The third-order valence-corrected chi connectivity index (χ3v) is 8.43. The van der Waals surface area contributed by atoms with E-state index in [1.165, 1.54) is 135 Å².